The van der Waals surface area contributed by atoms with Gasteiger partial charge < -0.3 is 15.4 Å². The molecule has 0 atom stereocenters. The largest absolute Gasteiger partial charge is 0.411 e. The molecule has 2 N–H and O–H groups in total. The fourth-order valence-corrected chi connectivity index (χ4v) is 1.89. The van der Waals surface area contributed by atoms with Gasteiger partial charge in [0, 0.05) is 19.7 Å². The van der Waals surface area contributed by atoms with E-state index in [-0.39, 0.29) is 6.61 Å². The lowest BCUT2D eigenvalue weighted by Crippen LogP contribution is -2.38. The number of hydrogen-bond donors (Lipinski definition) is 2. The second kappa shape index (κ2) is 10.1. The summed E-state index contributed by atoms with van der Waals surface area (Å²) >= 11 is 0. The van der Waals surface area contributed by atoms with Gasteiger partial charge in [0.25, 0.3) is 0 Å². The van der Waals surface area contributed by atoms with Crippen molar-refractivity contribution in [2.45, 2.75) is 33.0 Å². The number of halogens is 3. The number of hydrogen-bond acceptors (Lipinski definition) is 2. The summed E-state index contributed by atoms with van der Waals surface area (Å²) in [5, 5.41) is 6.18. The summed E-state index contributed by atoms with van der Waals surface area (Å²) in [6.07, 6.45) is -3.79. The van der Waals surface area contributed by atoms with Gasteiger partial charge >= 0.3 is 6.18 Å². The van der Waals surface area contributed by atoms with E-state index in [0.717, 1.165) is 5.56 Å². The molecule has 7 heteroatoms. The molecule has 0 aromatic heterocycles. The SMILES string of the molecule is CCNC(=NCc1cccc(C)c1)NCCCOCC(F)(F)F. The molecule has 0 aliphatic rings. The van der Waals surface area contributed by atoms with Crippen LogP contribution in [0.1, 0.15) is 24.5 Å². The highest BCUT2D eigenvalue weighted by Gasteiger charge is 2.27. The molecule has 0 saturated heterocycles. The van der Waals surface area contributed by atoms with E-state index in [1.807, 2.05) is 32.0 Å². The van der Waals surface area contributed by atoms with E-state index in [1.165, 1.54) is 5.56 Å². The molecule has 0 radical (unpaired) electrons. The molecule has 0 aliphatic carbocycles. The average Bonchev–Trinajstić information content (AvgIpc) is 2.47. The molecule has 0 fully saturated rings. The van der Waals surface area contributed by atoms with Crippen molar-refractivity contribution in [1.82, 2.24) is 10.6 Å². The Morgan fingerprint density at radius 3 is 2.70 bits per heavy atom. The zero-order chi connectivity index (χ0) is 17.1. The first-order chi connectivity index (χ1) is 10.9. The van der Waals surface area contributed by atoms with Crippen LogP contribution >= 0.6 is 0 Å². The van der Waals surface area contributed by atoms with Crippen LogP contribution in [0, 0.1) is 6.92 Å². The van der Waals surface area contributed by atoms with E-state index in [0.29, 0.717) is 32.0 Å². The van der Waals surface area contributed by atoms with Crippen LogP contribution in [-0.2, 0) is 11.3 Å². The van der Waals surface area contributed by atoms with Crippen LogP contribution in [0.5, 0.6) is 0 Å². The Hall–Kier alpha value is -1.76. The zero-order valence-corrected chi connectivity index (χ0v) is 13.5. The highest BCUT2D eigenvalue weighted by atomic mass is 19.4. The molecular weight excluding hydrogens is 307 g/mol. The topological polar surface area (TPSA) is 45.7 Å². The number of alkyl halides is 3. The van der Waals surface area contributed by atoms with Crippen molar-refractivity contribution >= 4 is 5.96 Å². The molecule has 0 saturated carbocycles. The molecule has 4 nitrogen and oxygen atoms in total. The van der Waals surface area contributed by atoms with Crippen LogP contribution in [0.3, 0.4) is 0 Å². The molecule has 0 spiro atoms. The van der Waals surface area contributed by atoms with Gasteiger partial charge in [-0.1, -0.05) is 29.8 Å². The van der Waals surface area contributed by atoms with Gasteiger partial charge in [-0.3, -0.25) is 0 Å². The first kappa shape index (κ1) is 19.3. The van der Waals surface area contributed by atoms with Crippen LogP contribution in [0.2, 0.25) is 0 Å². The lowest BCUT2D eigenvalue weighted by Gasteiger charge is -2.12. The Morgan fingerprint density at radius 2 is 2.04 bits per heavy atom. The number of aryl methyl sites for hydroxylation is 1. The van der Waals surface area contributed by atoms with E-state index >= 15 is 0 Å². The third-order valence-electron chi connectivity index (χ3n) is 2.87. The quantitative estimate of drug-likeness (QED) is 0.437. The van der Waals surface area contributed by atoms with Crippen LogP contribution < -0.4 is 10.6 Å². The zero-order valence-electron chi connectivity index (χ0n) is 13.5. The van der Waals surface area contributed by atoms with Crippen molar-refractivity contribution in [2.24, 2.45) is 4.99 Å². The maximum atomic E-state index is 11.9. The summed E-state index contributed by atoms with van der Waals surface area (Å²) < 4.78 is 40.3. The van der Waals surface area contributed by atoms with Gasteiger partial charge in [0.2, 0.25) is 0 Å². The van der Waals surface area contributed by atoms with Crippen molar-refractivity contribution in [1.29, 1.82) is 0 Å². The number of nitrogens with one attached hydrogen (secondary N) is 2. The van der Waals surface area contributed by atoms with Crippen LogP contribution in [0.15, 0.2) is 29.3 Å². The van der Waals surface area contributed by atoms with Gasteiger partial charge in [-0.05, 0) is 25.8 Å². The lowest BCUT2D eigenvalue weighted by atomic mass is 10.1. The second-order valence-electron chi connectivity index (χ2n) is 5.13. The number of benzene rings is 1. The summed E-state index contributed by atoms with van der Waals surface area (Å²) in [5.41, 5.74) is 2.29. The van der Waals surface area contributed by atoms with Crippen molar-refractivity contribution in [3.63, 3.8) is 0 Å². The molecule has 0 amide bonds. The summed E-state index contributed by atoms with van der Waals surface area (Å²) in [6, 6.07) is 8.08. The summed E-state index contributed by atoms with van der Waals surface area (Å²) in [5.74, 6) is 0.643. The predicted molar refractivity (Wildman–Crippen MR) is 85.5 cm³/mol. The Labute approximate surface area is 135 Å². The van der Waals surface area contributed by atoms with Gasteiger partial charge in [-0.25, -0.2) is 4.99 Å². The standard InChI is InChI=1S/C16H24F3N3O/c1-3-20-15(21-8-5-9-23-12-16(17,18)19)22-11-14-7-4-6-13(2)10-14/h4,6-7,10H,3,5,8-9,11-12H2,1-2H3,(H2,20,21,22). The summed E-state index contributed by atoms with van der Waals surface area (Å²) in [4.78, 5) is 4.46. The lowest BCUT2D eigenvalue weighted by molar-refractivity contribution is -0.173. The molecule has 1 rings (SSSR count). The van der Waals surface area contributed by atoms with Gasteiger partial charge in [0.05, 0.1) is 6.54 Å². The average molecular weight is 331 g/mol. The normalized spacial score (nSPS) is 12.3. The molecule has 130 valence electrons. The Morgan fingerprint density at radius 1 is 1.26 bits per heavy atom. The first-order valence-corrected chi connectivity index (χ1v) is 7.63. The number of ether oxygens (including phenoxy) is 1. The molecule has 0 heterocycles. The van der Waals surface area contributed by atoms with Crippen molar-refractivity contribution in [3.8, 4) is 0 Å². The number of aliphatic imine (C=N–C) groups is 1. The minimum absolute atomic E-state index is 0.0593. The number of guanidine groups is 1. The maximum Gasteiger partial charge on any atom is 0.411 e. The van der Waals surface area contributed by atoms with Gasteiger partial charge in [0.15, 0.2) is 5.96 Å². The third kappa shape index (κ3) is 9.78. The van der Waals surface area contributed by atoms with E-state index in [1.54, 1.807) is 0 Å². The van der Waals surface area contributed by atoms with Gasteiger partial charge in [-0.15, -0.1) is 0 Å². The Balaban J connectivity index is 2.32. The predicted octanol–water partition coefficient (Wildman–Crippen LogP) is 3.02. The van der Waals surface area contributed by atoms with Crippen LogP contribution in [-0.4, -0.2) is 38.4 Å². The summed E-state index contributed by atoms with van der Waals surface area (Å²) in [6.45, 7) is 4.59. The van der Waals surface area contributed by atoms with Crippen molar-refractivity contribution < 1.29 is 17.9 Å². The highest BCUT2D eigenvalue weighted by molar-refractivity contribution is 5.79. The third-order valence-corrected chi connectivity index (χ3v) is 2.87. The Kier molecular flexibility index (Phi) is 8.47. The Bertz CT molecular complexity index is 490. The van der Waals surface area contributed by atoms with Crippen molar-refractivity contribution in [2.75, 3.05) is 26.3 Å². The molecule has 0 unspecified atom stereocenters. The summed E-state index contributed by atoms with van der Waals surface area (Å²) in [7, 11) is 0. The minimum Gasteiger partial charge on any atom is -0.372 e. The molecule has 1 aromatic carbocycles. The molecule has 0 aliphatic heterocycles. The van der Waals surface area contributed by atoms with Gasteiger partial charge in [0.1, 0.15) is 6.61 Å². The van der Waals surface area contributed by atoms with Crippen LogP contribution in [0.4, 0.5) is 13.2 Å². The fourth-order valence-electron chi connectivity index (χ4n) is 1.89. The monoisotopic (exact) mass is 331 g/mol. The van der Waals surface area contributed by atoms with Gasteiger partial charge in [-0.2, -0.15) is 13.2 Å². The smallest absolute Gasteiger partial charge is 0.372 e. The highest BCUT2D eigenvalue weighted by Crippen LogP contribution is 2.14. The molecule has 0 bridgehead atoms. The van der Waals surface area contributed by atoms with E-state index in [4.69, 9.17) is 0 Å². The van der Waals surface area contributed by atoms with E-state index < -0.39 is 12.8 Å². The fraction of sp³-hybridized carbons (Fsp3) is 0.562. The van der Waals surface area contributed by atoms with Crippen molar-refractivity contribution in [3.05, 3.63) is 35.4 Å². The van der Waals surface area contributed by atoms with Crippen LogP contribution in [0.25, 0.3) is 0 Å². The number of rotatable bonds is 8. The minimum atomic E-state index is -4.27. The second-order valence-corrected chi connectivity index (χ2v) is 5.13. The molecular formula is C16H24F3N3O. The molecule has 23 heavy (non-hydrogen) atoms. The molecule has 1 aromatic rings. The first-order valence-electron chi connectivity index (χ1n) is 7.63. The maximum absolute atomic E-state index is 11.9. The number of nitrogens with zero attached hydrogens (tertiary/aromatic N) is 1. The van der Waals surface area contributed by atoms with E-state index in [2.05, 4.69) is 26.4 Å². The van der Waals surface area contributed by atoms with E-state index in [9.17, 15) is 13.2 Å².